The van der Waals surface area contributed by atoms with Gasteiger partial charge in [0.05, 0.1) is 6.10 Å². The minimum atomic E-state index is 0.578. The molecule has 0 amide bonds. The Balaban J connectivity index is 2.18. The Morgan fingerprint density at radius 2 is 2.30 bits per heavy atom. The molecule has 0 radical (unpaired) electrons. The fourth-order valence-electron chi connectivity index (χ4n) is 1.59. The maximum absolute atomic E-state index is 5.59. The van der Waals surface area contributed by atoms with Gasteiger partial charge in [-0.05, 0) is 25.2 Å². The van der Waals surface area contributed by atoms with E-state index in [1.165, 1.54) is 25.7 Å². The molecular formula is C9H18O. The van der Waals surface area contributed by atoms with Crippen LogP contribution in [0.2, 0.25) is 0 Å². The molecule has 0 unspecified atom stereocenters. The van der Waals surface area contributed by atoms with Crippen molar-refractivity contribution in [3.05, 3.63) is 0 Å². The Morgan fingerprint density at radius 3 is 2.90 bits per heavy atom. The van der Waals surface area contributed by atoms with Crippen LogP contribution in [0.15, 0.2) is 0 Å². The quantitative estimate of drug-likeness (QED) is 0.576. The lowest BCUT2D eigenvalue weighted by Gasteiger charge is -2.26. The fourth-order valence-corrected chi connectivity index (χ4v) is 1.59. The second kappa shape index (κ2) is 3.97. The smallest absolute Gasteiger partial charge is 0.0577 e. The van der Waals surface area contributed by atoms with Gasteiger partial charge in [-0.2, -0.15) is 0 Å². The zero-order valence-electron chi connectivity index (χ0n) is 7.10. The zero-order valence-corrected chi connectivity index (χ0v) is 7.10. The molecule has 1 fully saturated rings. The molecule has 2 atom stereocenters. The van der Waals surface area contributed by atoms with Gasteiger partial charge in [0.15, 0.2) is 0 Å². The molecule has 1 nitrogen and oxygen atoms in total. The van der Waals surface area contributed by atoms with Crippen molar-refractivity contribution in [2.24, 2.45) is 5.92 Å². The average Bonchev–Trinajstić information content (AvgIpc) is 1.88. The molecule has 10 heavy (non-hydrogen) atoms. The zero-order chi connectivity index (χ0) is 7.40. The Labute approximate surface area is 63.8 Å². The van der Waals surface area contributed by atoms with Crippen LogP contribution >= 0.6 is 0 Å². The van der Waals surface area contributed by atoms with Crippen molar-refractivity contribution in [1.82, 2.24) is 0 Å². The molecule has 1 aliphatic rings. The minimum absolute atomic E-state index is 0.578. The Hall–Kier alpha value is -0.0400. The van der Waals surface area contributed by atoms with Gasteiger partial charge in [-0.25, -0.2) is 0 Å². The summed E-state index contributed by atoms with van der Waals surface area (Å²) in [7, 11) is 0. The molecule has 0 bridgehead atoms. The Kier molecular flexibility index (Phi) is 3.20. The van der Waals surface area contributed by atoms with E-state index in [0.29, 0.717) is 6.10 Å². The van der Waals surface area contributed by atoms with Crippen LogP contribution in [0, 0.1) is 5.92 Å². The highest BCUT2D eigenvalue weighted by Crippen LogP contribution is 2.21. The van der Waals surface area contributed by atoms with Crippen molar-refractivity contribution in [2.45, 2.75) is 45.6 Å². The predicted octanol–water partition coefficient (Wildman–Crippen LogP) is 2.60. The highest BCUT2D eigenvalue weighted by Gasteiger charge is 2.17. The summed E-state index contributed by atoms with van der Waals surface area (Å²) in [5, 5.41) is 0. The molecule has 1 aliphatic heterocycles. The SMILES string of the molecule is CCC[C@H]1C[C@H](C)CCO1. The Morgan fingerprint density at radius 1 is 1.50 bits per heavy atom. The molecule has 1 rings (SSSR count). The topological polar surface area (TPSA) is 9.23 Å². The lowest BCUT2D eigenvalue weighted by molar-refractivity contribution is -0.00950. The van der Waals surface area contributed by atoms with Crippen molar-refractivity contribution in [3.63, 3.8) is 0 Å². The average molecular weight is 142 g/mol. The summed E-state index contributed by atoms with van der Waals surface area (Å²) in [5.41, 5.74) is 0. The third-order valence-corrected chi connectivity index (χ3v) is 2.24. The lowest BCUT2D eigenvalue weighted by Crippen LogP contribution is -2.23. The lowest BCUT2D eigenvalue weighted by atomic mass is 9.95. The van der Waals surface area contributed by atoms with E-state index in [9.17, 15) is 0 Å². The molecule has 0 saturated carbocycles. The molecule has 60 valence electrons. The maximum atomic E-state index is 5.59. The van der Waals surface area contributed by atoms with Crippen LogP contribution in [0.5, 0.6) is 0 Å². The van der Waals surface area contributed by atoms with Crippen molar-refractivity contribution in [1.29, 1.82) is 0 Å². The van der Waals surface area contributed by atoms with Crippen molar-refractivity contribution >= 4 is 0 Å². The largest absolute Gasteiger partial charge is 0.378 e. The predicted molar refractivity (Wildman–Crippen MR) is 43.0 cm³/mol. The van der Waals surface area contributed by atoms with E-state index in [1.54, 1.807) is 0 Å². The number of hydrogen-bond acceptors (Lipinski definition) is 1. The molecule has 0 aromatic rings. The normalized spacial score (nSPS) is 34.2. The second-order valence-electron chi connectivity index (χ2n) is 3.41. The molecule has 0 aromatic heterocycles. The van der Waals surface area contributed by atoms with E-state index >= 15 is 0 Å². The molecule has 1 heteroatoms. The van der Waals surface area contributed by atoms with Crippen molar-refractivity contribution in [2.75, 3.05) is 6.61 Å². The van der Waals surface area contributed by atoms with E-state index in [0.717, 1.165) is 12.5 Å². The van der Waals surface area contributed by atoms with Gasteiger partial charge >= 0.3 is 0 Å². The van der Waals surface area contributed by atoms with E-state index in [2.05, 4.69) is 13.8 Å². The molecule has 0 N–H and O–H groups in total. The number of rotatable bonds is 2. The van der Waals surface area contributed by atoms with Gasteiger partial charge in [-0.3, -0.25) is 0 Å². The summed E-state index contributed by atoms with van der Waals surface area (Å²) in [5.74, 6) is 0.894. The van der Waals surface area contributed by atoms with Crippen LogP contribution in [0.1, 0.15) is 39.5 Å². The summed E-state index contributed by atoms with van der Waals surface area (Å²) < 4.78 is 5.59. The van der Waals surface area contributed by atoms with Gasteiger partial charge in [0, 0.05) is 6.61 Å². The van der Waals surface area contributed by atoms with Gasteiger partial charge in [0.2, 0.25) is 0 Å². The van der Waals surface area contributed by atoms with E-state index in [4.69, 9.17) is 4.74 Å². The molecule has 0 aromatic carbocycles. The number of hydrogen-bond donors (Lipinski definition) is 0. The summed E-state index contributed by atoms with van der Waals surface area (Å²) in [6, 6.07) is 0. The summed E-state index contributed by atoms with van der Waals surface area (Å²) in [4.78, 5) is 0. The third-order valence-electron chi connectivity index (χ3n) is 2.24. The first-order chi connectivity index (χ1) is 4.83. The standard InChI is InChI=1S/C9H18O/c1-3-4-9-7-8(2)5-6-10-9/h8-9H,3-7H2,1-2H3/t8-,9+/m1/s1. The van der Waals surface area contributed by atoms with Gasteiger partial charge in [0.25, 0.3) is 0 Å². The van der Waals surface area contributed by atoms with Gasteiger partial charge in [-0.1, -0.05) is 20.3 Å². The van der Waals surface area contributed by atoms with Crippen LogP contribution in [0.4, 0.5) is 0 Å². The van der Waals surface area contributed by atoms with Crippen LogP contribution in [0.25, 0.3) is 0 Å². The summed E-state index contributed by atoms with van der Waals surface area (Å²) in [6.07, 6.45) is 5.64. The second-order valence-corrected chi connectivity index (χ2v) is 3.41. The number of ether oxygens (including phenoxy) is 1. The van der Waals surface area contributed by atoms with E-state index < -0.39 is 0 Å². The van der Waals surface area contributed by atoms with Crippen molar-refractivity contribution in [3.8, 4) is 0 Å². The first-order valence-corrected chi connectivity index (χ1v) is 4.44. The highest BCUT2D eigenvalue weighted by atomic mass is 16.5. The van der Waals surface area contributed by atoms with Crippen LogP contribution in [-0.2, 0) is 4.74 Å². The fraction of sp³-hybridized carbons (Fsp3) is 1.00. The van der Waals surface area contributed by atoms with Gasteiger partial charge in [-0.15, -0.1) is 0 Å². The third kappa shape index (κ3) is 2.30. The van der Waals surface area contributed by atoms with Crippen LogP contribution in [-0.4, -0.2) is 12.7 Å². The summed E-state index contributed by atoms with van der Waals surface area (Å²) in [6.45, 7) is 5.54. The molecule has 0 spiro atoms. The van der Waals surface area contributed by atoms with E-state index in [-0.39, 0.29) is 0 Å². The Bertz CT molecular complexity index is 88.7. The molecule has 1 heterocycles. The van der Waals surface area contributed by atoms with Crippen LogP contribution in [0.3, 0.4) is 0 Å². The first-order valence-electron chi connectivity index (χ1n) is 4.44. The van der Waals surface area contributed by atoms with Gasteiger partial charge in [0.1, 0.15) is 0 Å². The summed E-state index contributed by atoms with van der Waals surface area (Å²) >= 11 is 0. The molecule has 1 saturated heterocycles. The van der Waals surface area contributed by atoms with E-state index in [1.807, 2.05) is 0 Å². The maximum Gasteiger partial charge on any atom is 0.0577 e. The minimum Gasteiger partial charge on any atom is -0.378 e. The van der Waals surface area contributed by atoms with Gasteiger partial charge < -0.3 is 4.74 Å². The molecule has 0 aliphatic carbocycles. The van der Waals surface area contributed by atoms with Crippen LogP contribution < -0.4 is 0 Å². The monoisotopic (exact) mass is 142 g/mol. The molecular weight excluding hydrogens is 124 g/mol. The van der Waals surface area contributed by atoms with Crippen molar-refractivity contribution < 1.29 is 4.74 Å². The first kappa shape index (κ1) is 8.06. The highest BCUT2D eigenvalue weighted by molar-refractivity contribution is 4.67.